The second kappa shape index (κ2) is 12.8. The summed E-state index contributed by atoms with van der Waals surface area (Å²) in [5.74, 6) is 1.75. The molecule has 1 aromatic heterocycles. The van der Waals surface area contributed by atoms with Crippen molar-refractivity contribution in [3.05, 3.63) is 48.0 Å². The zero-order valence-electron chi connectivity index (χ0n) is 17.5. The van der Waals surface area contributed by atoms with Crippen LogP contribution in [0.15, 0.2) is 41.9 Å². The molecule has 0 amide bonds. The van der Waals surface area contributed by atoms with Gasteiger partial charge in [0.15, 0.2) is 5.96 Å². The predicted octanol–water partition coefficient (Wildman–Crippen LogP) is 2.73. The lowest BCUT2D eigenvalue weighted by molar-refractivity contribution is 0.191. The van der Waals surface area contributed by atoms with E-state index in [0.29, 0.717) is 0 Å². The van der Waals surface area contributed by atoms with Crippen LogP contribution in [0.5, 0.6) is 0 Å². The molecule has 0 unspecified atom stereocenters. The van der Waals surface area contributed by atoms with E-state index in [0.717, 1.165) is 37.9 Å². The molecule has 3 rings (SSSR count). The summed E-state index contributed by atoms with van der Waals surface area (Å²) in [5.41, 5.74) is 2.44. The summed E-state index contributed by atoms with van der Waals surface area (Å²) < 4.78 is 1.83. The highest BCUT2D eigenvalue weighted by Gasteiger charge is 2.14. The molecule has 0 atom stereocenters. The van der Waals surface area contributed by atoms with Crippen LogP contribution in [0, 0.1) is 5.92 Å². The fourth-order valence-electron chi connectivity index (χ4n) is 3.54. The molecule has 1 fully saturated rings. The summed E-state index contributed by atoms with van der Waals surface area (Å²) >= 11 is 0. The Morgan fingerprint density at radius 2 is 2.00 bits per heavy atom. The fourth-order valence-corrected chi connectivity index (χ4v) is 3.54. The van der Waals surface area contributed by atoms with E-state index in [-0.39, 0.29) is 24.0 Å². The first-order valence-corrected chi connectivity index (χ1v) is 10.3. The van der Waals surface area contributed by atoms with Crippen LogP contribution in [0.1, 0.15) is 37.3 Å². The van der Waals surface area contributed by atoms with Gasteiger partial charge in [0.1, 0.15) is 12.7 Å². The number of likely N-dealkylation sites (tertiary alicyclic amines) is 1. The number of piperidine rings is 1. The third kappa shape index (κ3) is 8.30. The average molecular weight is 511 g/mol. The van der Waals surface area contributed by atoms with Gasteiger partial charge < -0.3 is 15.5 Å². The number of halogens is 1. The molecule has 0 aliphatic carbocycles. The third-order valence-corrected chi connectivity index (χ3v) is 5.31. The molecule has 1 aromatic carbocycles. The molecule has 7 nitrogen and oxygen atoms in total. The lowest BCUT2D eigenvalue weighted by Crippen LogP contribution is -2.39. The molecule has 1 saturated heterocycles. The molecule has 2 heterocycles. The van der Waals surface area contributed by atoms with Crippen LogP contribution in [0.2, 0.25) is 0 Å². The molecule has 8 heteroatoms. The number of rotatable bonds is 8. The first-order chi connectivity index (χ1) is 13.7. The second-order valence-electron chi connectivity index (χ2n) is 7.64. The molecule has 2 N–H and O–H groups in total. The summed E-state index contributed by atoms with van der Waals surface area (Å²) in [6.45, 7) is 8.45. The molecule has 29 heavy (non-hydrogen) atoms. The highest BCUT2D eigenvalue weighted by atomic mass is 127. The lowest BCUT2D eigenvalue weighted by atomic mass is 9.99. The van der Waals surface area contributed by atoms with Crippen LogP contribution in [-0.2, 0) is 13.1 Å². The van der Waals surface area contributed by atoms with E-state index >= 15 is 0 Å². The van der Waals surface area contributed by atoms with Gasteiger partial charge in [0.05, 0.1) is 6.54 Å². The quantitative estimate of drug-likeness (QED) is 0.247. The second-order valence-corrected chi connectivity index (χ2v) is 7.64. The van der Waals surface area contributed by atoms with Crippen molar-refractivity contribution in [1.82, 2.24) is 30.3 Å². The Morgan fingerprint density at radius 3 is 2.72 bits per heavy atom. The van der Waals surface area contributed by atoms with E-state index in [1.807, 2.05) is 11.7 Å². The molecule has 0 saturated carbocycles. The molecule has 0 bridgehead atoms. The summed E-state index contributed by atoms with van der Waals surface area (Å²) in [4.78, 5) is 10.9. The van der Waals surface area contributed by atoms with Crippen molar-refractivity contribution in [2.75, 3.05) is 33.2 Å². The van der Waals surface area contributed by atoms with Crippen LogP contribution >= 0.6 is 24.0 Å². The maximum Gasteiger partial charge on any atom is 0.191 e. The van der Waals surface area contributed by atoms with Crippen LogP contribution in [0.3, 0.4) is 0 Å². The largest absolute Gasteiger partial charge is 0.356 e. The summed E-state index contributed by atoms with van der Waals surface area (Å²) in [6.07, 6.45) is 7.12. The van der Waals surface area contributed by atoms with Crippen molar-refractivity contribution in [2.24, 2.45) is 10.9 Å². The standard InChI is InChI=1S/C21H33N7.HI/c1-18-7-11-27(12-8-18)10-4-9-24-21(22-2)25-14-19-5-3-6-20(13-19)15-28-17-23-16-26-28;/h3,5-6,13,16-18H,4,7-12,14-15H2,1-2H3,(H2,22,24,25);1H. The summed E-state index contributed by atoms with van der Waals surface area (Å²) in [7, 11) is 1.82. The van der Waals surface area contributed by atoms with Gasteiger partial charge in [-0.15, -0.1) is 24.0 Å². The maximum atomic E-state index is 4.34. The zero-order valence-corrected chi connectivity index (χ0v) is 19.9. The number of nitrogens with one attached hydrogen (secondary N) is 2. The van der Waals surface area contributed by atoms with Gasteiger partial charge in [-0.3, -0.25) is 4.99 Å². The van der Waals surface area contributed by atoms with Crippen LogP contribution in [-0.4, -0.2) is 58.9 Å². The smallest absolute Gasteiger partial charge is 0.191 e. The van der Waals surface area contributed by atoms with Gasteiger partial charge in [0.2, 0.25) is 0 Å². The van der Waals surface area contributed by atoms with E-state index in [1.54, 1.807) is 12.7 Å². The minimum absolute atomic E-state index is 0. The fraction of sp³-hybridized carbons (Fsp3) is 0.571. The SMILES string of the molecule is CN=C(NCCCN1CCC(C)CC1)NCc1cccc(Cn2cncn2)c1.I. The highest BCUT2D eigenvalue weighted by molar-refractivity contribution is 14.0. The number of nitrogens with zero attached hydrogens (tertiary/aromatic N) is 5. The number of aliphatic imine (C=N–C) groups is 1. The van der Waals surface area contributed by atoms with E-state index in [2.05, 4.69) is 61.8 Å². The normalized spacial score (nSPS) is 15.7. The number of benzene rings is 1. The Hall–Kier alpha value is -1.68. The molecule has 160 valence electrons. The van der Waals surface area contributed by atoms with Gasteiger partial charge in [-0.1, -0.05) is 31.2 Å². The number of hydrogen-bond donors (Lipinski definition) is 2. The van der Waals surface area contributed by atoms with E-state index < -0.39 is 0 Å². The Kier molecular flexibility index (Phi) is 10.4. The van der Waals surface area contributed by atoms with Crippen molar-refractivity contribution in [1.29, 1.82) is 0 Å². The van der Waals surface area contributed by atoms with Gasteiger partial charge >= 0.3 is 0 Å². The molecule has 2 aromatic rings. The third-order valence-electron chi connectivity index (χ3n) is 5.31. The van der Waals surface area contributed by atoms with Crippen molar-refractivity contribution >= 4 is 29.9 Å². The zero-order chi connectivity index (χ0) is 19.6. The molecular formula is C21H34IN7. The molecule has 0 radical (unpaired) electrons. The van der Waals surface area contributed by atoms with Crippen LogP contribution in [0.25, 0.3) is 0 Å². The Bertz CT molecular complexity index is 724. The van der Waals surface area contributed by atoms with Gasteiger partial charge in [-0.25, -0.2) is 9.67 Å². The number of guanidine groups is 1. The maximum absolute atomic E-state index is 4.34. The van der Waals surface area contributed by atoms with Crippen molar-refractivity contribution in [2.45, 2.75) is 39.3 Å². The van der Waals surface area contributed by atoms with E-state index in [9.17, 15) is 0 Å². The first kappa shape index (κ1) is 23.6. The molecule has 1 aliphatic heterocycles. The summed E-state index contributed by atoms with van der Waals surface area (Å²) in [6, 6.07) is 8.51. The average Bonchev–Trinajstić information content (AvgIpc) is 3.22. The van der Waals surface area contributed by atoms with Crippen LogP contribution < -0.4 is 10.6 Å². The van der Waals surface area contributed by atoms with Gasteiger partial charge in [-0.2, -0.15) is 5.10 Å². The Labute approximate surface area is 191 Å². The monoisotopic (exact) mass is 511 g/mol. The molecule has 1 aliphatic rings. The first-order valence-electron chi connectivity index (χ1n) is 10.3. The van der Waals surface area contributed by atoms with Gasteiger partial charge in [0, 0.05) is 20.1 Å². The van der Waals surface area contributed by atoms with Crippen molar-refractivity contribution in [3.63, 3.8) is 0 Å². The molecule has 0 spiro atoms. The Balaban J connectivity index is 0.00000300. The minimum Gasteiger partial charge on any atom is -0.356 e. The highest BCUT2D eigenvalue weighted by Crippen LogP contribution is 2.15. The van der Waals surface area contributed by atoms with Crippen LogP contribution in [0.4, 0.5) is 0 Å². The topological polar surface area (TPSA) is 70.4 Å². The Morgan fingerprint density at radius 1 is 1.21 bits per heavy atom. The minimum atomic E-state index is 0. The van der Waals surface area contributed by atoms with Crippen molar-refractivity contribution < 1.29 is 0 Å². The summed E-state index contributed by atoms with van der Waals surface area (Å²) in [5, 5.41) is 11.0. The van der Waals surface area contributed by atoms with Gasteiger partial charge in [0.25, 0.3) is 0 Å². The van der Waals surface area contributed by atoms with Crippen molar-refractivity contribution in [3.8, 4) is 0 Å². The van der Waals surface area contributed by atoms with E-state index in [1.165, 1.54) is 43.6 Å². The van der Waals surface area contributed by atoms with Gasteiger partial charge in [-0.05, 0) is 55.9 Å². The lowest BCUT2D eigenvalue weighted by Gasteiger charge is -2.30. The number of hydrogen-bond acceptors (Lipinski definition) is 4. The number of aromatic nitrogens is 3. The predicted molar refractivity (Wildman–Crippen MR) is 129 cm³/mol. The molecular weight excluding hydrogens is 477 g/mol. The van der Waals surface area contributed by atoms with E-state index in [4.69, 9.17) is 0 Å².